The summed E-state index contributed by atoms with van der Waals surface area (Å²) in [6, 6.07) is 17.0. The summed E-state index contributed by atoms with van der Waals surface area (Å²) in [5, 5.41) is 9.87. The van der Waals surface area contributed by atoms with Crippen LogP contribution in [0.25, 0.3) is 5.69 Å². The van der Waals surface area contributed by atoms with Crippen LogP contribution in [0.15, 0.2) is 54.6 Å². The Kier molecular flexibility index (Phi) is 4.34. The molecule has 0 unspecified atom stereocenters. The highest BCUT2D eigenvalue weighted by atomic mass is 32.1. The fraction of sp³-hybridized carbons (Fsp3) is 0.118. The second kappa shape index (κ2) is 6.58. The minimum absolute atomic E-state index is 0.143. The number of rotatable bonds is 4. The zero-order valence-corrected chi connectivity index (χ0v) is 13.4. The summed E-state index contributed by atoms with van der Waals surface area (Å²) >= 11 is 5.30. The zero-order chi connectivity index (χ0) is 16.2. The molecule has 1 amide bonds. The van der Waals surface area contributed by atoms with Gasteiger partial charge in [0.25, 0.3) is 5.91 Å². The number of aromatic amines is 1. The summed E-state index contributed by atoms with van der Waals surface area (Å²) in [4.78, 5) is 12.1. The van der Waals surface area contributed by atoms with E-state index in [4.69, 9.17) is 12.2 Å². The molecule has 2 aromatic carbocycles. The highest BCUT2D eigenvalue weighted by Crippen LogP contribution is 2.13. The number of nitrogens with one attached hydrogen (secondary N) is 2. The molecule has 0 aliphatic rings. The van der Waals surface area contributed by atoms with Gasteiger partial charge >= 0.3 is 0 Å². The molecule has 0 bridgehead atoms. The SMILES string of the molecule is Cc1cccc(-n2c(CNC(=O)c3ccccc3)n[nH]c2=S)c1. The number of carbonyl (C=O) groups excluding carboxylic acids is 1. The summed E-state index contributed by atoms with van der Waals surface area (Å²) in [6.45, 7) is 2.30. The van der Waals surface area contributed by atoms with E-state index in [-0.39, 0.29) is 12.5 Å². The molecule has 0 aliphatic carbocycles. The molecule has 0 saturated heterocycles. The number of aryl methyl sites for hydroxylation is 1. The van der Waals surface area contributed by atoms with Crippen LogP contribution < -0.4 is 5.32 Å². The van der Waals surface area contributed by atoms with Crippen molar-refractivity contribution in [3.63, 3.8) is 0 Å². The minimum atomic E-state index is -0.143. The zero-order valence-electron chi connectivity index (χ0n) is 12.6. The maximum absolute atomic E-state index is 12.1. The van der Waals surface area contributed by atoms with Crippen molar-refractivity contribution in [2.24, 2.45) is 0 Å². The predicted molar refractivity (Wildman–Crippen MR) is 91.1 cm³/mol. The summed E-state index contributed by atoms with van der Waals surface area (Å²) in [5.74, 6) is 0.514. The normalized spacial score (nSPS) is 10.5. The standard InChI is InChI=1S/C17H16N4OS/c1-12-6-5-9-14(10-12)21-15(19-20-17(21)23)11-18-16(22)13-7-3-2-4-8-13/h2-10H,11H2,1H3,(H,18,22)(H,20,23). The molecule has 0 fully saturated rings. The molecule has 2 N–H and O–H groups in total. The van der Waals surface area contributed by atoms with Crippen molar-refractivity contribution in [3.8, 4) is 5.69 Å². The van der Waals surface area contributed by atoms with E-state index in [1.807, 2.05) is 54.0 Å². The van der Waals surface area contributed by atoms with Crippen LogP contribution >= 0.6 is 12.2 Å². The molecule has 5 nitrogen and oxygen atoms in total. The van der Waals surface area contributed by atoms with Crippen LogP contribution in [0.2, 0.25) is 0 Å². The number of nitrogens with zero attached hydrogens (tertiary/aromatic N) is 2. The van der Waals surface area contributed by atoms with Crippen molar-refractivity contribution in [2.75, 3.05) is 0 Å². The number of carbonyl (C=O) groups is 1. The largest absolute Gasteiger partial charge is 0.345 e. The Bertz CT molecular complexity index is 883. The summed E-state index contributed by atoms with van der Waals surface area (Å²) in [6.07, 6.45) is 0. The van der Waals surface area contributed by atoms with Crippen LogP contribution in [0.5, 0.6) is 0 Å². The molecule has 116 valence electrons. The predicted octanol–water partition coefficient (Wildman–Crippen LogP) is 3.17. The lowest BCUT2D eigenvalue weighted by Gasteiger charge is -2.09. The highest BCUT2D eigenvalue weighted by Gasteiger charge is 2.11. The maximum Gasteiger partial charge on any atom is 0.251 e. The molecule has 23 heavy (non-hydrogen) atoms. The van der Waals surface area contributed by atoms with E-state index in [1.54, 1.807) is 12.1 Å². The Morgan fingerprint density at radius 3 is 2.74 bits per heavy atom. The molecular weight excluding hydrogens is 308 g/mol. The Labute approximate surface area is 139 Å². The van der Waals surface area contributed by atoms with E-state index in [0.29, 0.717) is 16.2 Å². The molecule has 0 saturated carbocycles. The van der Waals surface area contributed by atoms with E-state index in [2.05, 4.69) is 15.5 Å². The van der Waals surface area contributed by atoms with E-state index >= 15 is 0 Å². The van der Waals surface area contributed by atoms with Gasteiger partial charge in [-0.1, -0.05) is 30.3 Å². The van der Waals surface area contributed by atoms with E-state index in [1.165, 1.54) is 0 Å². The molecule has 0 spiro atoms. The van der Waals surface area contributed by atoms with Crippen molar-refractivity contribution in [3.05, 3.63) is 76.3 Å². The molecule has 6 heteroatoms. The van der Waals surface area contributed by atoms with Gasteiger partial charge in [0, 0.05) is 11.3 Å². The molecule has 3 aromatic rings. The minimum Gasteiger partial charge on any atom is -0.345 e. The third-order valence-corrected chi connectivity index (χ3v) is 3.72. The van der Waals surface area contributed by atoms with Gasteiger partial charge in [0.15, 0.2) is 10.6 Å². The van der Waals surface area contributed by atoms with Crippen LogP contribution in [0.1, 0.15) is 21.7 Å². The Hall–Kier alpha value is -2.73. The van der Waals surface area contributed by atoms with Gasteiger partial charge in [0.05, 0.1) is 6.54 Å². The molecule has 0 radical (unpaired) electrons. The summed E-state index contributed by atoms with van der Waals surface area (Å²) < 4.78 is 2.33. The lowest BCUT2D eigenvalue weighted by molar-refractivity contribution is 0.0949. The molecule has 3 rings (SSSR count). The van der Waals surface area contributed by atoms with Gasteiger partial charge < -0.3 is 5.32 Å². The first-order valence-corrected chi connectivity index (χ1v) is 7.62. The molecular formula is C17H16N4OS. The Morgan fingerprint density at radius 2 is 2.00 bits per heavy atom. The number of hydrogen-bond donors (Lipinski definition) is 2. The fourth-order valence-corrected chi connectivity index (χ4v) is 2.59. The number of aromatic nitrogens is 3. The van der Waals surface area contributed by atoms with Crippen LogP contribution in [-0.4, -0.2) is 20.7 Å². The van der Waals surface area contributed by atoms with Crippen molar-refractivity contribution < 1.29 is 4.79 Å². The maximum atomic E-state index is 12.1. The molecule has 1 heterocycles. The molecule has 0 aliphatic heterocycles. The quantitative estimate of drug-likeness (QED) is 0.725. The van der Waals surface area contributed by atoms with Crippen molar-refractivity contribution in [1.82, 2.24) is 20.1 Å². The van der Waals surface area contributed by atoms with Crippen molar-refractivity contribution in [2.45, 2.75) is 13.5 Å². The first-order valence-electron chi connectivity index (χ1n) is 7.22. The molecule has 0 atom stereocenters. The average Bonchev–Trinajstić information content (AvgIpc) is 2.94. The Balaban J connectivity index is 1.82. The van der Waals surface area contributed by atoms with Gasteiger partial charge in [-0.2, -0.15) is 5.10 Å². The van der Waals surface area contributed by atoms with Crippen LogP contribution in [0.3, 0.4) is 0 Å². The fourth-order valence-electron chi connectivity index (χ4n) is 2.33. The third-order valence-electron chi connectivity index (χ3n) is 3.44. The number of H-pyrrole nitrogens is 1. The highest BCUT2D eigenvalue weighted by molar-refractivity contribution is 7.71. The Morgan fingerprint density at radius 1 is 1.22 bits per heavy atom. The van der Waals surface area contributed by atoms with Crippen LogP contribution in [0, 0.1) is 11.7 Å². The second-order valence-electron chi connectivity index (χ2n) is 5.17. The van der Waals surface area contributed by atoms with Gasteiger partial charge in [-0.15, -0.1) is 0 Å². The number of hydrogen-bond acceptors (Lipinski definition) is 3. The summed E-state index contributed by atoms with van der Waals surface area (Å²) in [5.41, 5.74) is 2.67. The topological polar surface area (TPSA) is 62.7 Å². The number of benzene rings is 2. The van der Waals surface area contributed by atoms with Crippen molar-refractivity contribution in [1.29, 1.82) is 0 Å². The number of amides is 1. The van der Waals surface area contributed by atoms with E-state index in [9.17, 15) is 4.79 Å². The van der Waals surface area contributed by atoms with E-state index in [0.717, 1.165) is 11.3 Å². The van der Waals surface area contributed by atoms with Gasteiger partial charge in [0.1, 0.15) is 0 Å². The average molecular weight is 324 g/mol. The van der Waals surface area contributed by atoms with Crippen LogP contribution in [-0.2, 0) is 6.54 Å². The van der Waals surface area contributed by atoms with Gasteiger partial charge in [0.2, 0.25) is 0 Å². The van der Waals surface area contributed by atoms with Crippen molar-refractivity contribution >= 4 is 18.1 Å². The van der Waals surface area contributed by atoms with Gasteiger partial charge in [-0.05, 0) is 49.0 Å². The molecule has 1 aromatic heterocycles. The van der Waals surface area contributed by atoms with Gasteiger partial charge in [-0.25, -0.2) is 0 Å². The lowest BCUT2D eigenvalue weighted by Crippen LogP contribution is -2.24. The summed E-state index contributed by atoms with van der Waals surface area (Å²) in [7, 11) is 0. The third kappa shape index (κ3) is 3.37. The van der Waals surface area contributed by atoms with Crippen LogP contribution in [0.4, 0.5) is 0 Å². The lowest BCUT2D eigenvalue weighted by atomic mass is 10.2. The first kappa shape index (κ1) is 15.2. The monoisotopic (exact) mass is 324 g/mol. The smallest absolute Gasteiger partial charge is 0.251 e. The first-order chi connectivity index (χ1) is 11.1. The van der Waals surface area contributed by atoms with E-state index < -0.39 is 0 Å². The van der Waals surface area contributed by atoms with Gasteiger partial charge in [-0.3, -0.25) is 14.5 Å². The second-order valence-corrected chi connectivity index (χ2v) is 5.55.